The van der Waals surface area contributed by atoms with E-state index in [2.05, 4.69) is 0 Å². The van der Waals surface area contributed by atoms with Gasteiger partial charge in [-0.15, -0.1) is 0 Å². The quantitative estimate of drug-likeness (QED) is 0.0510. The molecule has 2 aliphatic carbocycles. The van der Waals surface area contributed by atoms with Gasteiger partial charge in [-0.1, -0.05) is 60.7 Å². The number of rotatable bonds is 13. The minimum atomic E-state index is -1.83. The first-order valence-corrected chi connectivity index (χ1v) is 31.2. The zero-order valence-electron chi connectivity index (χ0n) is 50.6. The van der Waals surface area contributed by atoms with Crippen LogP contribution in [0.5, 0.6) is 86.2 Å². The molecule has 0 aromatic heterocycles. The van der Waals surface area contributed by atoms with Crippen LogP contribution in [-0.2, 0) is 11.2 Å². The van der Waals surface area contributed by atoms with Gasteiger partial charge in [0, 0.05) is 81.7 Å². The third-order valence-electron chi connectivity index (χ3n) is 19.8. The minimum absolute atomic E-state index is 0.0396. The van der Waals surface area contributed by atoms with Crippen molar-refractivity contribution in [3.05, 3.63) is 265 Å². The molecule has 0 unspecified atom stereocenters. The molecule has 10 aromatic carbocycles. The maximum absolute atomic E-state index is 14.7. The van der Waals surface area contributed by atoms with Crippen molar-refractivity contribution in [2.75, 3.05) is 6.61 Å². The van der Waals surface area contributed by atoms with Crippen molar-refractivity contribution in [1.29, 1.82) is 0 Å². The summed E-state index contributed by atoms with van der Waals surface area (Å²) >= 11 is 0. The maximum atomic E-state index is 14.7. The molecule has 0 spiro atoms. The summed E-state index contributed by atoms with van der Waals surface area (Å²) in [6.45, 7) is -0.747. The zero-order chi connectivity index (χ0) is 66.9. The SMILES string of the molecule is OC[C@H]1O[C@@H](Oc2cc(O)cc(C[C@@H](c3ccc(O)cc3)c3c(O)c4c5c6c3O[C@H](c3ccc(O)cc3)[C@H]6c3cc(O)cc(O)c3[C@H](c3ccc(O)cc3)[C@@H]5[C@@H](c3ccc(O)cc3)[C@@H]4c3cc(O)cc4c3[C@H](c3cc(O)cc(O)c3)[C@@H](c3ccc(O)cc3)O4)c2)[C@H](O)[C@@H](O)[C@@H]1O. The molecule has 0 saturated carbocycles. The van der Waals surface area contributed by atoms with Crippen LogP contribution in [-0.4, -0.2) is 119 Å². The number of aromatic hydroxyl groups is 12. The summed E-state index contributed by atoms with van der Waals surface area (Å²) in [6.07, 6.45) is -10.6. The van der Waals surface area contributed by atoms with Crippen LogP contribution in [0, 0.1) is 0 Å². The van der Waals surface area contributed by atoms with Gasteiger partial charge in [0.1, 0.15) is 123 Å². The molecule has 1 fully saturated rings. The summed E-state index contributed by atoms with van der Waals surface area (Å²) in [7, 11) is 0. The lowest BCUT2D eigenvalue weighted by Crippen LogP contribution is -2.60. The highest BCUT2D eigenvalue weighted by Gasteiger charge is 2.59. The molecule has 5 aliphatic rings. The third kappa shape index (κ3) is 10.3. The Labute approximate surface area is 547 Å². The van der Waals surface area contributed by atoms with E-state index in [9.17, 15) is 81.7 Å². The first-order valence-electron chi connectivity index (χ1n) is 31.2. The second kappa shape index (κ2) is 23.5. The number of fused-ring (bicyclic) bond motifs is 3. The van der Waals surface area contributed by atoms with Crippen molar-refractivity contribution in [2.24, 2.45) is 0 Å². The number of phenols is 12. The number of benzene rings is 10. The molecule has 3 heterocycles. The standard InChI is InChI=1S/C76H64O20/c77-32-56-69(89)71(91)72(92)76(95-56)93-50-22-33(21-45(83)27-50)23-51(34-1-11-40(78)12-2-34)64-70(90)67-62(53-29-49(87)31-55-61(53)59(39-24-46(84)26-47(85)25-39)73(94-55)37-7-17-43(81)18-8-37)58(36-5-15-42(80)16-6-36)65-57(35-3-13-41(79)14-4-35)60-52(28-48(86)30-54(60)88)63-68(66(65)67)75(64)96-74(63)38-9-19-44(82)20-10-38/h1-22,24-31,51,56-59,62-63,65,69,71-74,76-92H,23,32H2/t51-,56+,57-,58-,59-,62-,63-,65+,69+,71-,72+,73+,74+,76+/m0/s1. The van der Waals surface area contributed by atoms with Crippen LogP contribution in [0.4, 0.5) is 0 Å². The molecule has 10 aromatic rings. The van der Waals surface area contributed by atoms with E-state index in [4.69, 9.17) is 18.9 Å². The molecule has 16 N–H and O–H groups in total. The fourth-order valence-corrected chi connectivity index (χ4v) is 15.9. The molecule has 20 heteroatoms. The Morgan fingerprint density at radius 2 is 0.906 bits per heavy atom. The van der Waals surface area contributed by atoms with Crippen LogP contribution in [0.2, 0.25) is 0 Å². The van der Waals surface area contributed by atoms with Gasteiger partial charge < -0.3 is 101 Å². The topological polar surface area (TPSA) is 361 Å². The lowest BCUT2D eigenvalue weighted by Gasteiger charge is -2.39. The van der Waals surface area contributed by atoms with E-state index in [1.807, 2.05) is 0 Å². The van der Waals surface area contributed by atoms with E-state index in [0.717, 1.165) is 0 Å². The molecule has 488 valence electrons. The fourth-order valence-electron chi connectivity index (χ4n) is 15.9. The van der Waals surface area contributed by atoms with Gasteiger partial charge in [-0.05, 0) is 159 Å². The lowest BCUT2D eigenvalue weighted by atomic mass is 9.68. The number of hydrogen-bond acceptors (Lipinski definition) is 20. The van der Waals surface area contributed by atoms with E-state index in [1.165, 1.54) is 109 Å². The molecule has 14 atom stereocenters. The Morgan fingerprint density at radius 3 is 1.50 bits per heavy atom. The molecule has 0 amide bonds. The van der Waals surface area contributed by atoms with Crippen LogP contribution >= 0.6 is 0 Å². The van der Waals surface area contributed by atoms with Crippen molar-refractivity contribution in [1.82, 2.24) is 0 Å². The number of aliphatic hydroxyl groups excluding tert-OH is 4. The van der Waals surface area contributed by atoms with E-state index in [0.29, 0.717) is 72.3 Å². The average molecular weight is 1300 g/mol. The first kappa shape index (κ1) is 61.2. The Bertz CT molecular complexity index is 4630. The summed E-state index contributed by atoms with van der Waals surface area (Å²) in [5, 5.41) is 184. The number of aliphatic hydroxyl groups is 4. The van der Waals surface area contributed by atoms with E-state index >= 15 is 0 Å². The number of ether oxygens (including phenoxy) is 4. The second-order valence-electron chi connectivity index (χ2n) is 25.4. The van der Waals surface area contributed by atoms with E-state index < -0.39 is 90.9 Å². The monoisotopic (exact) mass is 1300 g/mol. The van der Waals surface area contributed by atoms with Crippen LogP contribution in [0.15, 0.2) is 182 Å². The molecule has 20 nitrogen and oxygen atoms in total. The van der Waals surface area contributed by atoms with Crippen LogP contribution in [0.25, 0.3) is 0 Å². The summed E-state index contributed by atoms with van der Waals surface area (Å²) < 4.78 is 26.4. The van der Waals surface area contributed by atoms with Crippen molar-refractivity contribution in [2.45, 2.75) is 90.8 Å². The fraction of sp³-hybridized carbons (Fsp3) is 0.211. The summed E-state index contributed by atoms with van der Waals surface area (Å²) in [5.74, 6) is -9.40. The molecule has 1 saturated heterocycles. The average Bonchev–Trinajstić information content (AvgIpc) is 1.51. The molecular formula is C76H64O20. The van der Waals surface area contributed by atoms with Gasteiger partial charge in [-0.3, -0.25) is 0 Å². The van der Waals surface area contributed by atoms with Gasteiger partial charge >= 0.3 is 0 Å². The van der Waals surface area contributed by atoms with Crippen LogP contribution < -0.4 is 14.2 Å². The zero-order valence-corrected chi connectivity index (χ0v) is 50.6. The van der Waals surface area contributed by atoms with Crippen LogP contribution in [0.3, 0.4) is 0 Å². The molecule has 0 bridgehead atoms. The van der Waals surface area contributed by atoms with Crippen molar-refractivity contribution >= 4 is 0 Å². The molecule has 96 heavy (non-hydrogen) atoms. The highest BCUT2D eigenvalue weighted by Crippen LogP contribution is 2.73. The largest absolute Gasteiger partial charge is 0.508 e. The summed E-state index contributed by atoms with van der Waals surface area (Å²) in [5.41, 5.74) is 6.31. The van der Waals surface area contributed by atoms with Gasteiger partial charge in [0.2, 0.25) is 6.29 Å². The predicted molar refractivity (Wildman–Crippen MR) is 344 cm³/mol. The van der Waals surface area contributed by atoms with Gasteiger partial charge in [0.15, 0.2) is 0 Å². The third-order valence-corrected chi connectivity index (χ3v) is 19.8. The lowest BCUT2D eigenvalue weighted by molar-refractivity contribution is -0.277. The normalized spacial score (nSPS) is 24.6. The number of hydrogen-bond donors (Lipinski definition) is 16. The Balaban J connectivity index is 1.07. The second-order valence-corrected chi connectivity index (χ2v) is 25.4. The van der Waals surface area contributed by atoms with Crippen molar-refractivity contribution in [3.8, 4) is 86.2 Å². The molecule has 15 rings (SSSR count). The first-order chi connectivity index (χ1) is 46.2. The summed E-state index contributed by atoms with van der Waals surface area (Å²) in [6, 6.07) is 46.1. The smallest absolute Gasteiger partial charge is 0.229 e. The van der Waals surface area contributed by atoms with Gasteiger partial charge in [0.25, 0.3) is 0 Å². The molecule has 3 aliphatic heterocycles. The predicted octanol–water partition coefficient (Wildman–Crippen LogP) is 10.4. The van der Waals surface area contributed by atoms with Gasteiger partial charge in [-0.2, -0.15) is 0 Å². The Kier molecular flexibility index (Phi) is 15.0. The van der Waals surface area contributed by atoms with Crippen molar-refractivity contribution < 1.29 is 101 Å². The highest BCUT2D eigenvalue weighted by atomic mass is 16.7. The molecule has 0 radical (unpaired) electrons. The van der Waals surface area contributed by atoms with Gasteiger partial charge in [0.05, 0.1) is 18.4 Å². The van der Waals surface area contributed by atoms with Crippen molar-refractivity contribution in [3.63, 3.8) is 0 Å². The highest BCUT2D eigenvalue weighted by molar-refractivity contribution is 5.77. The number of phenolic OH excluding ortho intramolecular Hbond substituents is 12. The Morgan fingerprint density at radius 1 is 0.385 bits per heavy atom. The Hall–Kier alpha value is -11.0. The maximum Gasteiger partial charge on any atom is 0.229 e. The summed E-state index contributed by atoms with van der Waals surface area (Å²) in [4.78, 5) is 0. The van der Waals surface area contributed by atoms with E-state index in [-0.39, 0.29) is 104 Å². The van der Waals surface area contributed by atoms with Crippen LogP contribution in [0.1, 0.15) is 137 Å². The van der Waals surface area contributed by atoms with Gasteiger partial charge in [-0.25, -0.2) is 0 Å². The molecular weight excluding hydrogens is 1230 g/mol. The minimum Gasteiger partial charge on any atom is -0.508 e. The van der Waals surface area contributed by atoms with E-state index in [1.54, 1.807) is 72.8 Å².